The summed E-state index contributed by atoms with van der Waals surface area (Å²) in [5.74, 6) is 0.806. The molecule has 1 aromatic carbocycles. The molecule has 122 valence electrons. The Labute approximate surface area is 135 Å². The zero-order valence-electron chi connectivity index (χ0n) is 13.7. The van der Waals surface area contributed by atoms with Crippen molar-refractivity contribution in [3.05, 3.63) is 52.4 Å². The van der Waals surface area contributed by atoms with Crippen LogP contribution in [0, 0.1) is 11.3 Å². The van der Waals surface area contributed by atoms with Gasteiger partial charge in [-0.3, -0.25) is 0 Å². The topological polar surface area (TPSA) is 59.7 Å². The third kappa shape index (κ3) is 3.04. The minimum absolute atomic E-state index is 0.143. The molecule has 4 heteroatoms. The van der Waals surface area contributed by atoms with E-state index in [-0.39, 0.29) is 23.1 Å². The molecule has 1 N–H and O–H groups in total. The minimum Gasteiger partial charge on any atom is -0.493 e. The zero-order valence-corrected chi connectivity index (χ0v) is 13.7. The molecule has 0 saturated heterocycles. The Bertz CT molecular complexity index is 800. The summed E-state index contributed by atoms with van der Waals surface area (Å²) >= 11 is 0. The molecule has 1 aliphatic rings. The molecule has 0 aliphatic heterocycles. The van der Waals surface area contributed by atoms with Gasteiger partial charge in [-0.2, -0.15) is 0 Å². The molecular formula is C19H22O4. The van der Waals surface area contributed by atoms with Crippen molar-refractivity contribution in [2.75, 3.05) is 6.61 Å². The van der Waals surface area contributed by atoms with Crippen LogP contribution in [0.4, 0.5) is 0 Å². The number of aliphatic hydroxyl groups excluding tert-OH is 1. The molecule has 0 bridgehead atoms. The Balaban J connectivity index is 1.81. The number of rotatable bonds is 3. The van der Waals surface area contributed by atoms with Crippen LogP contribution >= 0.6 is 0 Å². The lowest BCUT2D eigenvalue weighted by molar-refractivity contribution is -0.00346. The maximum absolute atomic E-state index is 11.3. The summed E-state index contributed by atoms with van der Waals surface area (Å²) < 4.78 is 11.1. The minimum atomic E-state index is -0.370. The second kappa shape index (κ2) is 5.85. The average molecular weight is 314 g/mol. The van der Waals surface area contributed by atoms with E-state index >= 15 is 0 Å². The molecule has 2 atom stereocenters. The SMILES string of the molecule is CC1=CCC(O)C(C)(C)C1COc1ccc2ccc(=O)oc2c1. The number of hydrogen-bond acceptors (Lipinski definition) is 4. The number of benzene rings is 1. The molecule has 2 aromatic rings. The monoisotopic (exact) mass is 314 g/mol. The Morgan fingerprint density at radius 1 is 1.30 bits per heavy atom. The van der Waals surface area contributed by atoms with E-state index in [0.29, 0.717) is 24.4 Å². The molecule has 2 unspecified atom stereocenters. The molecule has 0 fully saturated rings. The third-order valence-electron chi connectivity index (χ3n) is 4.98. The maximum atomic E-state index is 11.3. The fourth-order valence-electron chi connectivity index (χ4n) is 3.22. The van der Waals surface area contributed by atoms with Gasteiger partial charge in [-0.25, -0.2) is 4.79 Å². The van der Waals surface area contributed by atoms with Gasteiger partial charge in [0.2, 0.25) is 0 Å². The maximum Gasteiger partial charge on any atom is 0.336 e. The number of fused-ring (bicyclic) bond motifs is 1. The second-order valence-corrected chi connectivity index (χ2v) is 6.84. The lowest BCUT2D eigenvalue weighted by atomic mass is 9.67. The van der Waals surface area contributed by atoms with Gasteiger partial charge in [0, 0.05) is 28.9 Å². The molecule has 0 radical (unpaired) electrons. The standard InChI is InChI=1S/C19H22O4/c1-12-4-8-17(20)19(2,3)15(12)11-22-14-7-5-13-6-9-18(21)23-16(13)10-14/h4-7,9-10,15,17,20H,8,11H2,1-3H3. The van der Waals surface area contributed by atoms with Gasteiger partial charge in [-0.1, -0.05) is 25.5 Å². The van der Waals surface area contributed by atoms with Gasteiger partial charge in [0.25, 0.3) is 0 Å². The third-order valence-corrected chi connectivity index (χ3v) is 4.98. The van der Waals surface area contributed by atoms with Gasteiger partial charge < -0.3 is 14.3 Å². The molecule has 0 amide bonds. The lowest BCUT2D eigenvalue weighted by Crippen LogP contribution is -2.42. The van der Waals surface area contributed by atoms with Crippen LogP contribution in [0.1, 0.15) is 27.2 Å². The molecule has 3 rings (SSSR count). The van der Waals surface area contributed by atoms with E-state index < -0.39 is 0 Å². The van der Waals surface area contributed by atoms with Crippen molar-refractivity contribution in [3.8, 4) is 5.75 Å². The Kier molecular flexibility index (Phi) is 4.02. The first-order valence-corrected chi connectivity index (χ1v) is 7.89. The van der Waals surface area contributed by atoms with E-state index in [1.165, 1.54) is 11.6 Å². The highest BCUT2D eigenvalue weighted by Crippen LogP contribution is 2.41. The predicted octanol–water partition coefficient (Wildman–Crippen LogP) is 3.53. The first kappa shape index (κ1) is 15.8. The van der Waals surface area contributed by atoms with Crippen LogP contribution in [0.3, 0.4) is 0 Å². The highest BCUT2D eigenvalue weighted by molar-refractivity contribution is 5.77. The van der Waals surface area contributed by atoms with Crippen LogP contribution in [0.5, 0.6) is 5.75 Å². The van der Waals surface area contributed by atoms with E-state index in [0.717, 1.165) is 5.39 Å². The van der Waals surface area contributed by atoms with Crippen LogP contribution in [0.2, 0.25) is 0 Å². The van der Waals surface area contributed by atoms with E-state index in [2.05, 4.69) is 26.8 Å². The summed E-state index contributed by atoms with van der Waals surface area (Å²) in [6.07, 6.45) is 2.41. The van der Waals surface area contributed by atoms with E-state index in [9.17, 15) is 9.90 Å². The van der Waals surface area contributed by atoms with Crippen molar-refractivity contribution in [1.82, 2.24) is 0 Å². The summed E-state index contributed by atoms with van der Waals surface area (Å²) in [4.78, 5) is 11.3. The summed E-state index contributed by atoms with van der Waals surface area (Å²) in [6.45, 7) is 6.71. The summed E-state index contributed by atoms with van der Waals surface area (Å²) in [5, 5.41) is 11.1. The van der Waals surface area contributed by atoms with Crippen LogP contribution in [-0.4, -0.2) is 17.8 Å². The molecule has 23 heavy (non-hydrogen) atoms. The highest BCUT2D eigenvalue weighted by atomic mass is 16.5. The molecule has 1 aliphatic carbocycles. The van der Waals surface area contributed by atoms with Crippen LogP contribution in [0.25, 0.3) is 11.0 Å². The molecular weight excluding hydrogens is 292 g/mol. The normalized spacial score (nSPS) is 23.6. The van der Waals surface area contributed by atoms with Crippen LogP contribution in [0.15, 0.2) is 51.2 Å². The van der Waals surface area contributed by atoms with Crippen LogP contribution in [-0.2, 0) is 0 Å². The van der Waals surface area contributed by atoms with Gasteiger partial charge in [0.15, 0.2) is 0 Å². The Morgan fingerprint density at radius 3 is 2.83 bits per heavy atom. The lowest BCUT2D eigenvalue weighted by Gasteiger charge is -2.41. The first-order valence-electron chi connectivity index (χ1n) is 7.89. The van der Waals surface area contributed by atoms with Crippen molar-refractivity contribution in [3.63, 3.8) is 0 Å². The number of hydrogen-bond donors (Lipinski definition) is 1. The molecule has 0 spiro atoms. The van der Waals surface area contributed by atoms with Crippen LogP contribution < -0.4 is 10.4 Å². The predicted molar refractivity (Wildman–Crippen MR) is 89.6 cm³/mol. The quantitative estimate of drug-likeness (QED) is 0.695. The van der Waals surface area contributed by atoms with Gasteiger partial charge in [-0.05, 0) is 31.5 Å². The van der Waals surface area contributed by atoms with Gasteiger partial charge in [-0.15, -0.1) is 0 Å². The van der Waals surface area contributed by atoms with Crippen molar-refractivity contribution in [1.29, 1.82) is 0 Å². The summed E-state index contributed by atoms with van der Waals surface area (Å²) in [5.41, 5.74) is 1.16. The number of ether oxygens (including phenoxy) is 1. The summed E-state index contributed by atoms with van der Waals surface area (Å²) in [6, 6.07) is 8.62. The molecule has 1 heterocycles. The Hall–Kier alpha value is -2.07. The van der Waals surface area contributed by atoms with E-state index in [1.54, 1.807) is 12.1 Å². The second-order valence-electron chi connectivity index (χ2n) is 6.84. The average Bonchev–Trinajstić information content (AvgIpc) is 2.50. The Morgan fingerprint density at radius 2 is 2.04 bits per heavy atom. The van der Waals surface area contributed by atoms with Crippen molar-refractivity contribution < 1.29 is 14.3 Å². The van der Waals surface area contributed by atoms with E-state index in [4.69, 9.17) is 9.15 Å². The van der Waals surface area contributed by atoms with Crippen molar-refractivity contribution in [2.24, 2.45) is 11.3 Å². The number of aliphatic hydroxyl groups is 1. The van der Waals surface area contributed by atoms with Gasteiger partial charge in [0.1, 0.15) is 11.3 Å². The smallest absolute Gasteiger partial charge is 0.336 e. The first-order chi connectivity index (χ1) is 10.9. The van der Waals surface area contributed by atoms with Gasteiger partial charge in [0.05, 0.1) is 12.7 Å². The van der Waals surface area contributed by atoms with Gasteiger partial charge >= 0.3 is 5.63 Å². The largest absolute Gasteiger partial charge is 0.493 e. The molecule has 4 nitrogen and oxygen atoms in total. The van der Waals surface area contributed by atoms with Crippen molar-refractivity contribution in [2.45, 2.75) is 33.3 Å². The fraction of sp³-hybridized carbons (Fsp3) is 0.421. The van der Waals surface area contributed by atoms with Crippen molar-refractivity contribution >= 4 is 11.0 Å². The summed E-state index contributed by atoms with van der Waals surface area (Å²) in [7, 11) is 0. The molecule has 0 saturated carbocycles. The van der Waals surface area contributed by atoms with E-state index in [1.807, 2.05) is 12.1 Å². The fourth-order valence-corrected chi connectivity index (χ4v) is 3.22. The molecule has 1 aromatic heterocycles. The zero-order chi connectivity index (χ0) is 16.6. The highest BCUT2D eigenvalue weighted by Gasteiger charge is 2.40.